The van der Waals surface area contributed by atoms with Gasteiger partial charge in [0.25, 0.3) is 23.6 Å². The van der Waals surface area contributed by atoms with E-state index in [0.717, 1.165) is 190 Å². The number of hydrogen-bond acceptors (Lipinski definition) is 10. The van der Waals surface area contributed by atoms with E-state index in [2.05, 4.69) is 158 Å². The van der Waals surface area contributed by atoms with Crippen molar-refractivity contribution in [1.82, 2.24) is 45.8 Å². The molecule has 740 valence electrons. The molecule has 0 radical (unpaired) electrons. The van der Waals surface area contributed by atoms with Crippen molar-refractivity contribution in [3.05, 3.63) is 284 Å². The number of benzene rings is 8. The predicted molar refractivity (Wildman–Crippen MR) is 539 cm³/mol. The molecule has 4 N–H and O–H groups in total. The summed E-state index contributed by atoms with van der Waals surface area (Å²) in [5.74, 6) is 4.45. The first-order valence-corrected chi connectivity index (χ1v) is 51.8. The van der Waals surface area contributed by atoms with E-state index < -0.39 is 41.8 Å². The number of carbonyl (C=O) groups excluding carboxylic acids is 8. The van der Waals surface area contributed by atoms with Gasteiger partial charge in [-0.15, -0.1) is 0 Å². The number of nitrogens with one attached hydrogen (secondary N) is 4. The molecule has 4 saturated carbocycles. The molecule has 8 aliphatic rings. The van der Waals surface area contributed by atoms with Gasteiger partial charge in [-0.2, -0.15) is 13.2 Å². The van der Waals surface area contributed by atoms with Crippen LogP contribution in [0.5, 0.6) is 0 Å². The number of alkyl halides is 3. The highest BCUT2D eigenvalue weighted by Crippen LogP contribution is 2.53. The Bertz CT molecular complexity index is 5050. The maximum absolute atomic E-state index is 13.3. The summed E-state index contributed by atoms with van der Waals surface area (Å²) in [5.41, 5.74) is 12.0. The number of unbranched alkanes of at least 4 members (excludes halogenated alkanes) is 8. The minimum atomic E-state index is -4.46. The van der Waals surface area contributed by atoms with Crippen molar-refractivity contribution in [1.29, 1.82) is 0 Å². The molecule has 0 aromatic heterocycles. The van der Waals surface area contributed by atoms with Gasteiger partial charge < -0.3 is 50.5 Å². The lowest BCUT2D eigenvalue weighted by Gasteiger charge is -2.34. The molecular formula is C116H149F4N9O9. The number of rotatable bonds is 40. The Hall–Kier alpha value is -10.8. The van der Waals surface area contributed by atoms with Crippen LogP contribution in [0.4, 0.5) is 17.6 Å². The lowest BCUT2D eigenvalue weighted by molar-refractivity contribution is -0.138. The summed E-state index contributed by atoms with van der Waals surface area (Å²) in [6.07, 6.45) is 26.8. The van der Waals surface area contributed by atoms with Gasteiger partial charge >= 0.3 is 6.18 Å². The Labute approximate surface area is 817 Å². The largest absolute Gasteiger partial charge is 0.416 e. The molecule has 138 heavy (non-hydrogen) atoms. The summed E-state index contributed by atoms with van der Waals surface area (Å²) in [7, 11) is 2.08. The molecule has 8 aromatic rings. The second kappa shape index (κ2) is 53.0. The number of piperazine rings is 1. The fraction of sp³-hybridized carbons (Fsp3) is 0.517. The van der Waals surface area contributed by atoms with Crippen LogP contribution in [-0.4, -0.2) is 182 Å². The first-order valence-electron chi connectivity index (χ1n) is 51.8. The van der Waals surface area contributed by atoms with Crippen LogP contribution < -0.4 is 21.3 Å². The van der Waals surface area contributed by atoms with E-state index in [1.807, 2.05) is 56.0 Å². The van der Waals surface area contributed by atoms with Gasteiger partial charge in [-0.05, 0) is 293 Å². The summed E-state index contributed by atoms with van der Waals surface area (Å²) < 4.78 is 57.2. The van der Waals surface area contributed by atoms with Gasteiger partial charge in [-0.3, -0.25) is 38.4 Å². The maximum Gasteiger partial charge on any atom is 0.416 e. The van der Waals surface area contributed by atoms with Crippen molar-refractivity contribution >= 4 is 47.3 Å². The average molecular weight is 1890 g/mol. The predicted octanol–water partition coefficient (Wildman–Crippen LogP) is 22.2. The summed E-state index contributed by atoms with van der Waals surface area (Å²) in [6.45, 7) is 17.0. The zero-order valence-corrected chi connectivity index (χ0v) is 82.2. The highest BCUT2D eigenvalue weighted by molar-refractivity contribution is 6.00. The number of nitrogens with zero attached hydrogens (tertiary/aromatic N) is 5. The van der Waals surface area contributed by atoms with E-state index >= 15 is 0 Å². The van der Waals surface area contributed by atoms with E-state index in [0.29, 0.717) is 93.6 Å². The molecule has 4 aliphatic heterocycles. The molecule has 4 aliphatic carbocycles. The van der Waals surface area contributed by atoms with E-state index in [4.69, 9.17) is 4.74 Å². The third kappa shape index (κ3) is 33.2. The van der Waals surface area contributed by atoms with E-state index in [-0.39, 0.29) is 52.7 Å². The molecule has 8 fully saturated rings. The summed E-state index contributed by atoms with van der Waals surface area (Å²) in [6, 6.07) is 61.6. The molecule has 0 spiro atoms. The molecule has 4 heterocycles. The third-order valence-electron chi connectivity index (χ3n) is 29.5. The van der Waals surface area contributed by atoms with Crippen LogP contribution in [0.2, 0.25) is 0 Å². The number of ether oxygens (including phenoxy) is 1. The van der Waals surface area contributed by atoms with E-state index in [1.54, 1.807) is 24.3 Å². The van der Waals surface area contributed by atoms with Crippen molar-refractivity contribution in [3.63, 3.8) is 0 Å². The molecule has 0 bridgehead atoms. The number of hydrogen-bond donors (Lipinski definition) is 4. The Kier molecular flexibility index (Phi) is 40.1. The quantitative estimate of drug-likeness (QED) is 0.0211. The Morgan fingerprint density at radius 3 is 0.855 bits per heavy atom. The molecule has 18 nitrogen and oxygen atoms in total. The minimum absolute atomic E-state index is 0.0178. The molecule has 4 saturated heterocycles. The lowest BCUT2D eigenvalue weighted by Crippen LogP contribution is -2.54. The second-order valence-electron chi connectivity index (χ2n) is 40.4. The van der Waals surface area contributed by atoms with Crippen LogP contribution in [0.15, 0.2) is 206 Å². The number of aryl methyl sites for hydroxylation is 4. The third-order valence-corrected chi connectivity index (χ3v) is 29.5. The van der Waals surface area contributed by atoms with Crippen LogP contribution in [0.1, 0.15) is 308 Å². The Morgan fingerprint density at radius 2 is 0.572 bits per heavy atom. The number of likely N-dealkylation sites (N-methyl/N-ethyl adjacent to an activating group) is 1. The highest BCUT2D eigenvalue weighted by atomic mass is 19.4. The van der Waals surface area contributed by atoms with Crippen LogP contribution in [0, 0.1) is 57.2 Å². The smallest absolute Gasteiger partial charge is 0.378 e. The summed E-state index contributed by atoms with van der Waals surface area (Å²) >= 11 is 0. The van der Waals surface area contributed by atoms with Gasteiger partial charge in [0, 0.05) is 87.7 Å². The monoisotopic (exact) mass is 1890 g/mol. The number of carbonyl (C=O) groups is 8. The maximum atomic E-state index is 13.3. The van der Waals surface area contributed by atoms with E-state index in [1.165, 1.54) is 145 Å². The SMILES string of the molecule is Cc1ccc([C@@H]2C[C@H]2CCCCC[C@H](NC(=O)c2ccc(C(F)(F)F)cc2)C(=O)N2CCCCC2)cc1.Cc1ccc([C@@H]2C[C@H]2CCCCC[C@H](NC(=O)c2ccc(F)cc2)C(=O)N2CCCCC2)cc1.Cc1ccc([C@@H]2C[C@H]2CCCCC[C@H](NC(=O)c2ccccc2)C(=O)N2CCN(C)CC2)cc1.Cc1ccc([C@@H]2C[C@H]2CCCCC[C@H](NC(=O)c2ccccc2)C(=O)N2CCOCC2)cc1. The van der Waals surface area contributed by atoms with Gasteiger partial charge in [0.1, 0.15) is 30.0 Å². The van der Waals surface area contributed by atoms with Crippen molar-refractivity contribution in [3.8, 4) is 0 Å². The summed E-state index contributed by atoms with van der Waals surface area (Å²) in [5, 5.41) is 11.8. The van der Waals surface area contributed by atoms with Crippen LogP contribution in [0.3, 0.4) is 0 Å². The van der Waals surface area contributed by atoms with Crippen LogP contribution >= 0.6 is 0 Å². The highest BCUT2D eigenvalue weighted by Gasteiger charge is 2.42. The Morgan fingerprint density at radius 1 is 0.312 bits per heavy atom. The number of halogens is 4. The van der Waals surface area contributed by atoms with Crippen molar-refractivity contribution in [2.45, 2.75) is 274 Å². The normalized spacial score (nSPS) is 20.7. The number of likely N-dealkylation sites (tertiary alicyclic amines) is 2. The molecule has 12 atom stereocenters. The minimum Gasteiger partial charge on any atom is -0.378 e. The zero-order chi connectivity index (χ0) is 97.3. The van der Waals surface area contributed by atoms with Gasteiger partial charge in [-0.1, -0.05) is 233 Å². The van der Waals surface area contributed by atoms with Gasteiger partial charge in [-0.25, -0.2) is 4.39 Å². The number of piperidine rings is 2. The molecule has 16 rings (SSSR count). The first-order chi connectivity index (χ1) is 66.8. The summed E-state index contributed by atoms with van der Waals surface area (Å²) in [4.78, 5) is 114. The van der Waals surface area contributed by atoms with Crippen molar-refractivity contribution < 1.29 is 60.7 Å². The van der Waals surface area contributed by atoms with Gasteiger partial charge in [0.15, 0.2) is 0 Å². The second-order valence-corrected chi connectivity index (χ2v) is 40.4. The number of morpholine rings is 1. The topological polar surface area (TPSA) is 210 Å². The van der Waals surface area contributed by atoms with Crippen molar-refractivity contribution in [2.24, 2.45) is 23.7 Å². The Balaban J connectivity index is 0.000000155. The van der Waals surface area contributed by atoms with Crippen molar-refractivity contribution in [2.75, 3.05) is 85.7 Å². The first kappa shape index (κ1) is 105. The van der Waals surface area contributed by atoms with Gasteiger partial charge in [0.2, 0.25) is 23.6 Å². The van der Waals surface area contributed by atoms with E-state index in [9.17, 15) is 55.9 Å². The molecule has 0 unspecified atom stereocenters. The standard InChI is InChI=1S/C30H37F3N2O2.C29H37FN2O2.C29H39N3O2.C28H36N2O3/c1-21-10-12-22(13-11-21)26-20-24(26)8-4-2-5-9-27(29(37)35-18-6-3-7-19-35)34-28(36)23-14-16-25(17-15-23)30(31,32)33;1-21-10-12-22(13-11-21)26-20-24(26)8-4-2-5-9-27(29(34)32-18-6-3-7-19-32)31-28(33)23-14-16-25(30)17-15-23;1-22-13-15-23(16-14-22)26-21-25(26)11-7-4-8-12-27(29(34)32-19-17-31(2)18-20-32)30-28(33)24-9-5-3-6-10-24;1-21-12-14-22(15-13-21)25-20-24(25)10-6-3-7-11-26(28(32)30-16-18-33-19-17-30)29-27(31)23-8-4-2-5-9-23/h10-17,24,26-27H,2-9,18-20H2,1H3,(H,34,36);10-17,24,26-27H,2-9,18-20H2,1H3,(H,31,33);3,5-6,9-10,13-16,25-27H,4,7-8,11-12,17-21H2,1-2H3,(H,30,33);2,4-5,8-9,12-15,24-26H,3,6-7,10-11,16-20H2,1H3,(H,29,31)/t2*24-,26+,27+;25-,26+,27+;24-,25+,26+/m1111/s1. The van der Waals surface area contributed by atoms with Crippen LogP contribution in [-0.2, 0) is 30.1 Å². The fourth-order valence-corrected chi connectivity index (χ4v) is 20.4. The fourth-order valence-electron chi connectivity index (χ4n) is 20.4. The number of amides is 8. The lowest BCUT2D eigenvalue weighted by atomic mass is 10.0. The van der Waals surface area contributed by atoms with Gasteiger partial charge in [0.05, 0.1) is 18.8 Å². The molecule has 8 amide bonds. The molecule has 8 aromatic carbocycles. The molecule has 22 heteroatoms. The molecular weight excluding hydrogens is 1740 g/mol. The zero-order valence-electron chi connectivity index (χ0n) is 82.2. The average Bonchev–Trinajstić information content (AvgIpc) is 1.66. The van der Waals surface area contributed by atoms with Crippen LogP contribution in [0.25, 0.3) is 0 Å².